The molecule has 29 heavy (non-hydrogen) atoms. The molecule has 0 saturated carbocycles. The summed E-state index contributed by atoms with van der Waals surface area (Å²) >= 11 is 0. The van der Waals surface area contributed by atoms with E-state index in [1.54, 1.807) is 0 Å². The molecule has 1 unspecified atom stereocenters. The van der Waals surface area contributed by atoms with Crippen LogP contribution in [0.5, 0.6) is 11.5 Å². The van der Waals surface area contributed by atoms with Gasteiger partial charge in [-0.1, -0.05) is 6.07 Å². The van der Waals surface area contributed by atoms with Crippen molar-refractivity contribution in [3.8, 4) is 11.5 Å². The molecular formula is C19H30N4O5S. The van der Waals surface area contributed by atoms with Gasteiger partial charge in [0.05, 0.1) is 18.4 Å². The van der Waals surface area contributed by atoms with Crippen LogP contribution in [-0.4, -0.2) is 59.3 Å². The Labute approximate surface area is 172 Å². The van der Waals surface area contributed by atoms with Gasteiger partial charge in [0.1, 0.15) is 0 Å². The summed E-state index contributed by atoms with van der Waals surface area (Å²) in [5.41, 5.74) is 0.980. The van der Waals surface area contributed by atoms with Crippen LogP contribution in [0, 0.1) is 0 Å². The Morgan fingerprint density at radius 3 is 2.86 bits per heavy atom. The molecule has 0 amide bonds. The predicted octanol–water partition coefficient (Wildman–Crippen LogP) is 0.959. The van der Waals surface area contributed by atoms with Gasteiger partial charge in [0.25, 0.3) is 0 Å². The van der Waals surface area contributed by atoms with Gasteiger partial charge in [-0.25, -0.2) is 18.1 Å². The molecule has 0 aromatic heterocycles. The molecule has 3 N–H and O–H groups in total. The van der Waals surface area contributed by atoms with Crippen LogP contribution in [0.25, 0.3) is 0 Å². The zero-order valence-electron chi connectivity index (χ0n) is 16.8. The second-order valence-corrected chi connectivity index (χ2v) is 8.89. The van der Waals surface area contributed by atoms with Crippen LogP contribution in [-0.2, 0) is 21.3 Å². The Bertz CT molecular complexity index is 794. The molecule has 2 heterocycles. The highest BCUT2D eigenvalue weighted by Crippen LogP contribution is 2.32. The number of guanidine groups is 1. The summed E-state index contributed by atoms with van der Waals surface area (Å²) in [6.45, 7) is 4.61. The number of sulfonamides is 1. The van der Waals surface area contributed by atoms with E-state index >= 15 is 0 Å². The summed E-state index contributed by atoms with van der Waals surface area (Å²) in [5.74, 6) is 1.98. The first-order valence-corrected chi connectivity index (χ1v) is 11.7. The maximum absolute atomic E-state index is 12.2. The van der Waals surface area contributed by atoms with E-state index in [0.29, 0.717) is 32.2 Å². The number of ether oxygens (including phenoxy) is 3. The van der Waals surface area contributed by atoms with Crippen LogP contribution >= 0.6 is 0 Å². The van der Waals surface area contributed by atoms with Gasteiger partial charge in [-0.05, 0) is 43.9 Å². The van der Waals surface area contributed by atoms with Gasteiger partial charge in [0.2, 0.25) is 16.8 Å². The maximum Gasteiger partial charge on any atom is 0.231 e. The Morgan fingerprint density at radius 1 is 1.21 bits per heavy atom. The molecule has 0 aliphatic carbocycles. The third kappa shape index (κ3) is 7.06. The molecule has 2 aliphatic heterocycles. The SMILES string of the molecule is CCNC(=NCc1ccc2c(c1)OCO2)NCCS(=O)(=O)NCC1CCCCO1. The van der Waals surface area contributed by atoms with E-state index in [2.05, 4.69) is 20.3 Å². The molecule has 1 atom stereocenters. The second kappa shape index (κ2) is 10.7. The van der Waals surface area contributed by atoms with Gasteiger partial charge in [-0.3, -0.25) is 0 Å². The molecule has 0 spiro atoms. The minimum atomic E-state index is -3.37. The Kier molecular flexibility index (Phi) is 7.96. The zero-order chi connectivity index (χ0) is 20.5. The number of hydrogen-bond donors (Lipinski definition) is 3. The third-order valence-corrected chi connectivity index (χ3v) is 6.02. The van der Waals surface area contributed by atoms with Gasteiger partial charge in [0, 0.05) is 26.2 Å². The lowest BCUT2D eigenvalue weighted by Gasteiger charge is -2.22. The molecule has 1 aromatic rings. The van der Waals surface area contributed by atoms with Gasteiger partial charge in [-0.15, -0.1) is 0 Å². The summed E-state index contributed by atoms with van der Waals surface area (Å²) in [4.78, 5) is 4.51. The standard InChI is InChI=1S/C19H30N4O5S/c1-2-20-19(22-12-15-6-7-17-18(11-15)28-14-27-17)21-8-10-29(24,25)23-13-16-5-3-4-9-26-16/h6-7,11,16,23H,2-5,8-10,12-14H2,1H3,(H2,20,21,22). The number of hydrogen-bond acceptors (Lipinski definition) is 6. The van der Waals surface area contributed by atoms with Crippen LogP contribution in [0.4, 0.5) is 0 Å². The molecular weight excluding hydrogens is 396 g/mol. The largest absolute Gasteiger partial charge is 0.454 e. The molecule has 1 fully saturated rings. The van der Waals surface area contributed by atoms with Crippen LogP contribution < -0.4 is 24.8 Å². The van der Waals surface area contributed by atoms with E-state index in [4.69, 9.17) is 14.2 Å². The van der Waals surface area contributed by atoms with E-state index in [-0.39, 0.29) is 25.2 Å². The van der Waals surface area contributed by atoms with Gasteiger partial charge >= 0.3 is 0 Å². The number of aliphatic imine (C=N–C) groups is 1. The number of benzene rings is 1. The van der Waals surface area contributed by atoms with Crippen molar-refractivity contribution < 1.29 is 22.6 Å². The normalized spacial score (nSPS) is 19.2. The van der Waals surface area contributed by atoms with Gasteiger partial charge in [0.15, 0.2) is 17.5 Å². The third-order valence-electron chi connectivity index (χ3n) is 4.67. The molecule has 162 valence electrons. The topological polar surface area (TPSA) is 110 Å². The van der Waals surface area contributed by atoms with Crippen molar-refractivity contribution in [2.75, 3.05) is 38.8 Å². The molecule has 9 nitrogen and oxygen atoms in total. The van der Waals surface area contributed by atoms with Crippen LogP contribution in [0.3, 0.4) is 0 Å². The van der Waals surface area contributed by atoms with E-state index in [1.165, 1.54) is 0 Å². The Hall–Kier alpha value is -2.04. The summed E-state index contributed by atoms with van der Waals surface area (Å²) < 4.78 is 43.3. The van der Waals surface area contributed by atoms with E-state index in [9.17, 15) is 8.42 Å². The highest BCUT2D eigenvalue weighted by Gasteiger charge is 2.18. The van der Waals surface area contributed by atoms with Crippen LogP contribution in [0.2, 0.25) is 0 Å². The van der Waals surface area contributed by atoms with E-state index < -0.39 is 10.0 Å². The van der Waals surface area contributed by atoms with Crippen molar-refractivity contribution in [3.05, 3.63) is 23.8 Å². The Morgan fingerprint density at radius 2 is 2.07 bits per heavy atom. The van der Waals surface area contributed by atoms with E-state index in [0.717, 1.165) is 36.3 Å². The average Bonchev–Trinajstić information content (AvgIpc) is 3.19. The molecule has 0 bridgehead atoms. The molecule has 0 radical (unpaired) electrons. The quantitative estimate of drug-likeness (QED) is 0.398. The number of nitrogens with zero attached hydrogens (tertiary/aromatic N) is 1. The highest BCUT2D eigenvalue weighted by molar-refractivity contribution is 7.89. The molecule has 1 saturated heterocycles. The smallest absolute Gasteiger partial charge is 0.231 e. The van der Waals surface area contributed by atoms with Crippen molar-refractivity contribution in [3.63, 3.8) is 0 Å². The molecule has 10 heteroatoms. The molecule has 1 aromatic carbocycles. The number of fused-ring (bicyclic) bond motifs is 1. The first-order chi connectivity index (χ1) is 14.1. The lowest BCUT2D eigenvalue weighted by atomic mass is 10.1. The maximum atomic E-state index is 12.2. The average molecular weight is 427 g/mol. The lowest BCUT2D eigenvalue weighted by Crippen LogP contribution is -2.42. The Balaban J connectivity index is 1.45. The number of nitrogens with one attached hydrogen (secondary N) is 3. The highest BCUT2D eigenvalue weighted by atomic mass is 32.2. The summed E-state index contributed by atoms with van der Waals surface area (Å²) in [6.07, 6.45) is 3.01. The van der Waals surface area contributed by atoms with Crippen molar-refractivity contribution in [2.24, 2.45) is 4.99 Å². The van der Waals surface area contributed by atoms with Gasteiger partial charge in [-0.2, -0.15) is 0 Å². The van der Waals surface area contributed by atoms with Crippen molar-refractivity contribution in [1.82, 2.24) is 15.4 Å². The van der Waals surface area contributed by atoms with Crippen molar-refractivity contribution >= 4 is 16.0 Å². The fourth-order valence-electron chi connectivity index (χ4n) is 3.12. The minimum absolute atomic E-state index is 0.0212. The molecule has 3 rings (SSSR count). The summed E-state index contributed by atoms with van der Waals surface area (Å²) in [5, 5.41) is 6.19. The number of rotatable bonds is 9. The van der Waals surface area contributed by atoms with Crippen LogP contribution in [0.1, 0.15) is 31.7 Å². The monoisotopic (exact) mass is 426 g/mol. The van der Waals surface area contributed by atoms with Crippen LogP contribution in [0.15, 0.2) is 23.2 Å². The zero-order valence-corrected chi connectivity index (χ0v) is 17.6. The summed E-state index contributed by atoms with van der Waals surface area (Å²) in [6, 6.07) is 5.70. The van der Waals surface area contributed by atoms with Crippen molar-refractivity contribution in [1.29, 1.82) is 0 Å². The lowest BCUT2D eigenvalue weighted by molar-refractivity contribution is 0.0200. The minimum Gasteiger partial charge on any atom is -0.454 e. The first-order valence-electron chi connectivity index (χ1n) is 10.1. The van der Waals surface area contributed by atoms with Crippen molar-refractivity contribution in [2.45, 2.75) is 38.8 Å². The first kappa shape index (κ1) is 21.7. The summed E-state index contributed by atoms with van der Waals surface area (Å²) in [7, 11) is -3.37. The van der Waals surface area contributed by atoms with Gasteiger partial charge < -0.3 is 24.8 Å². The fraction of sp³-hybridized carbons (Fsp3) is 0.632. The predicted molar refractivity (Wildman–Crippen MR) is 111 cm³/mol. The fourth-order valence-corrected chi connectivity index (χ4v) is 4.07. The van der Waals surface area contributed by atoms with E-state index in [1.807, 2.05) is 25.1 Å². The second-order valence-electron chi connectivity index (χ2n) is 6.97. The molecule has 2 aliphatic rings.